The maximum Gasteiger partial charge on any atom is 0.223 e. The van der Waals surface area contributed by atoms with Crippen LogP contribution in [-0.2, 0) is 16.0 Å². The van der Waals surface area contributed by atoms with Crippen molar-refractivity contribution < 1.29 is 14.6 Å². The third-order valence-corrected chi connectivity index (χ3v) is 6.40. The van der Waals surface area contributed by atoms with Crippen LogP contribution in [0.15, 0.2) is 17.5 Å². The smallest absolute Gasteiger partial charge is 0.223 e. The lowest BCUT2D eigenvalue weighted by atomic mass is 9.93. The molecule has 1 atom stereocenters. The lowest BCUT2D eigenvalue weighted by Gasteiger charge is -2.38. The third kappa shape index (κ3) is 5.51. The molecule has 25 heavy (non-hydrogen) atoms. The predicted octanol–water partition coefficient (Wildman–Crippen LogP) is 1.91. The number of hydrogen-bond donors (Lipinski definition) is 2. The van der Waals surface area contributed by atoms with Gasteiger partial charge in [0.1, 0.15) is 0 Å². The van der Waals surface area contributed by atoms with Gasteiger partial charge in [-0.15, -0.1) is 11.3 Å². The van der Waals surface area contributed by atoms with E-state index in [0.29, 0.717) is 12.6 Å². The molecule has 0 aliphatic carbocycles. The van der Waals surface area contributed by atoms with Crippen molar-refractivity contribution >= 4 is 17.2 Å². The van der Waals surface area contributed by atoms with Gasteiger partial charge in [-0.25, -0.2) is 0 Å². The largest absolute Gasteiger partial charge is 0.396 e. The Labute approximate surface area is 154 Å². The van der Waals surface area contributed by atoms with Gasteiger partial charge in [-0.3, -0.25) is 4.79 Å². The highest BCUT2D eigenvalue weighted by molar-refractivity contribution is 7.09. The molecule has 1 aromatic rings. The maximum absolute atomic E-state index is 12.5. The number of amides is 1. The summed E-state index contributed by atoms with van der Waals surface area (Å²) in [5.74, 6) is 0.387. The first kappa shape index (κ1) is 18.8. The van der Waals surface area contributed by atoms with Crippen LogP contribution in [-0.4, -0.2) is 61.4 Å². The predicted molar refractivity (Wildman–Crippen MR) is 99.7 cm³/mol. The zero-order valence-electron chi connectivity index (χ0n) is 14.9. The molecular weight excluding hydrogens is 336 g/mol. The Morgan fingerprint density at radius 2 is 2.08 bits per heavy atom. The minimum absolute atomic E-state index is 0.102. The molecule has 0 bridgehead atoms. The highest BCUT2D eigenvalue weighted by Gasteiger charge is 2.29. The first-order chi connectivity index (χ1) is 12.3. The van der Waals surface area contributed by atoms with E-state index in [4.69, 9.17) is 4.74 Å². The fourth-order valence-corrected chi connectivity index (χ4v) is 4.70. The summed E-state index contributed by atoms with van der Waals surface area (Å²) in [6.45, 7) is 4.45. The number of carbonyl (C=O) groups is 1. The number of nitrogens with one attached hydrogen (secondary N) is 1. The number of aliphatic hydroxyl groups is 1. The van der Waals surface area contributed by atoms with Crippen molar-refractivity contribution in [2.24, 2.45) is 11.8 Å². The van der Waals surface area contributed by atoms with E-state index in [-0.39, 0.29) is 24.3 Å². The lowest BCUT2D eigenvalue weighted by Crippen LogP contribution is -2.47. The molecule has 2 aliphatic rings. The van der Waals surface area contributed by atoms with Crippen molar-refractivity contribution in [3.8, 4) is 0 Å². The summed E-state index contributed by atoms with van der Waals surface area (Å²) in [7, 11) is 0. The van der Waals surface area contributed by atoms with E-state index in [0.717, 1.165) is 58.4 Å². The Kier molecular flexibility index (Phi) is 7.28. The number of carbonyl (C=O) groups excluding carboxylic acids is 1. The summed E-state index contributed by atoms with van der Waals surface area (Å²) < 4.78 is 5.44. The van der Waals surface area contributed by atoms with Crippen molar-refractivity contribution in [2.45, 2.75) is 38.1 Å². The molecule has 0 saturated carbocycles. The van der Waals surface area contributed by atoms with Gasteiger partial charge in [0.05, 0.1) is 0 Å². The van der Waals surface area contributed by atoms with E-state index in [1.54, 1.807) is 11.3 Å². The minimum atomic E-state index is 0.102. The van der Waals surface area contributed by atoms with E-state index < -0.39 is 0 Å². The molecule has 2 N–H and O–H groups in total. The van der Waals surface area contributed by atoms with Gasteiger partial charge in [-0.05, 0) is 56.6 Å². The highest BCUT2D eigenvalue weighted by Crippen LogP contribution is 2.23. The molecule has 0 unspecified atom stereocenters. The fraction of sp³-hybridized carbons (Fsp3) is 0.737. The van der Waals surface area contributed by atoms with Crippen LogP contribution in [0.4, 0.5) is 0 Å². The van der Waals surface area contributed by atoms with Crippen LogP contribution in [0.5, 0.6) is 0 Å². The van der Waals surface area contributed by atoms with Crippen molar-refractivity contribution in [1.82, 2.24) is 10.2 Å². The SMILES string of the molecule is O=C(NC[C@H](CO)Cc1cccs1)C1CCN(C2CCOCC2)CC1. The monoisotopic (exact) mass is 366 g/mol. The summed E-state index contributed by atoms with van der Waals surface area (Å²) in [6, 6.07) is 4.75. The molecule has 0 aromatic carbocycles. The number of piperidine rings is 1. The zero-order valence-corrected chi connectivity index (χ0v) is 15.7. The topological polar surface area (TPSA) is 61.8 Å². The van der Waals surface area contributed by atoms with E-state index in [9.17, 15) is 9.90 Å². The van der Waals surface area contributed by atoms with Crippen LogP contribution in [0.3, 0.4) is 0 Å². The molecular formula is C19H30N2O3S. The molecule has 2 saturated heterocycles. The van der Waals surface area contributed by atoms with Crippen molar-refractivity contribution in [1.29, 1.82) is 0 Å². The van der Waals surface area contributed by atoms with E-state index in [2.05, 4.69) is 21.7 Å². The second kappa shape index (κ2) is 9.67. The number of aliphatic hydroxyl groups excluding tert-OH is 1. The molecule has 6 heteroatoms. The Morgan fingerprint density at radius 1 is 1.32 bits per heavy atom. The molecule has 3 heterocycles. The quantitative estimate of drug-likeness (QED) is 0.774. The van der Waals surface area contributed by atoms with Gasteiger partial charge >= 0.3 is 0 Å². The van der Waals surface area contributed by atoms with Gasteiger partial charge in [0.15, 0.2) is 0 Å². The van der Waals surface area contributed by atoms with Crippen LogP contribution in [0, 0.1) is 11.8 Å². The molecule has 1 aromatic heterocycles. The number of likely N-dealkylation sites (tertiary alicyclic amines) is 1. The average molecular weight is 367 g/mol. The van der Waals surface area contributed by atoms with Gasteiger partial charge < -0.3 is 20.1 Å². The molecule has 1 amide bonds. The van der Waals surface area contributed by atoms with Crippen molar-refractivity contribution in [2.75, 3.05) is 39.5 Å². The van der Waals surface area contributed by atoms with E-state index in [1.807, 2.05) is 6.07 Å². The Bertz CT molecular complexity index is 509. The maximum atomic E-state index is 12.5. The second-order valence-corrected chi connectivity index (χ2v) is 8.26. The number of hydrogen-bond acceptors (Lipinski definition) is 5. The Hall–Kier alpha value is -0.950. The summed E-state index contributed by atoms with van der Waals surface area (Å²) in [4.78, 5) is 16.3. The molecule has 5 nitrogen and oxygen atoms in total. The van der Waals surface area contributed by atoms with Crippen LogP contribution in [0.1, 0.15) is 30.6 Å². The number of rotatable bonds is 7. The van der Waals surface area contributed by atoms with Gasteiger partial charge in [0.25, 0.3) is 0 Å². The van der Waals surface area contributed by atoms with E-state index in [1.165, 1.54) is 4.88 Å². The van der Waals surface area contributed by atoms with Crippen LogP contribution in [0.2, 0.25) is 0 Å². The third-order valence-electron chi connectivity index (χ3n) is 5.50. The fourth-order valence-electron chi connectivity index (χ4n) is 3.88. The van der Waals surface area contributed by atoms with Gasteiger partial charge in [0.2, 0.25) is 5.91 Å². The Morgan fingerprint density at radius 3 is 2.72 bits per heavy atom. The average Bonchev–Trinajstić information content (AvgIpc) is 3.19. The molecule has 0 radical (unpaired) electrons. The van der Waals surface area contributed by atoms with Crippen molar-refractivity contribution in [3.63, 3.8) is 0 Å². The molecule has 0 spiro atoms. The van der Waals surface area contributed by atoms with Gasteiger partial charge in [-0.1, -0.05) is 6.07 Å². The molecule has 2 aliphatic heterocycles. The lowest BCUT2D eigenvalue weighted by molar-refractivity contribution is -0.127. The van der Waals surface area contributed by atoms with Gasteiger partial charge in [-0.2, -0.15) is 0 Å². The first-order valence-corrected chi connectivity index (χ1v) is 10.4. The molecule has 2 fully saturated rings. The molecule has 3 rings (SSSR count). The van der Waals surface area contributed by atoms with Crippen LogP contribution >= 0.6 is 11.3 Å². The minimum Gasteiger partial charge on any atom is -0.396 e. The number of ether oxygens (including phenoxy) is 1. The standard InChI is InChI=1S/C19H30N2O3S/c22-14-15(12-18-2-1-11-25-18)13-20-19(23)16-3-7-21(8-4-16)17-5-9-24-10-6-17/h1-2,11,15-17,22H,3-10,12-14H2,(H,20,23)/t15-/m1/s1. The number of nitrogens with zero attached hydrogens (tertiary/aromatic N) is 1. The van der Waals surface area contributed by atoms with Crippen molar-refractivity contribution in [3.05, 3.63) is 22.4 Å². The normalized spacial score (nSPS) is 22.0. The van der Waals surface area contributed by atoms with Crippen LogP contribution in [0.25, 0.3) is 0 Å². The summed E-state index contributed by atoms with van der Waals surface area (Å²) in [6.07, 6.45) is 4.96. The molecule has 140 valence electrons. The van der Waals surface area contributed by atoms with Gasteiger partial charge in [0, 0.05) is 49.1 Å². The highest BCUT2D eigenvalue weighted by atomic mass is 32.1. The number of thiophene rings is 1. The van der Waals surface area contributed by atoms with Crippen LogP contribution < -0.4 is 5.32 Å². The first-order valence-electron chi connectivity index (χ1n) is 9.49. The summed E-state index contributed by atoms with van der Waals surface area (Å²) >= 11 is 1.70. The Balaban J connectivity index is 1.38. The second-order valence-electron chi connectivity index (χ2n) is 7.23. The van der Waals surface area contributed by atoms with E-state index >= 15 is 0 Å². The summed E-state index contributed by atoms with van der Waals surface area (Å²) in [5.41, 5.74) is 0. The zero-order chi connectivity index (χ0) is 17.5. The summed E-state index contributed by atoms with van der Waals surface area (Å²) in [5, 5.41) is 14.7.